The first kappa shape index (κ1) is 16.1. The molecule has 0 spiro atoms. The Morgan fingerprint density at radius 3 is 2.67 bits per heavy atom. The molecule has 1 aromatic rings. The molecular formula is C15H25N5S. The predicted octanol–water partition coefficient (Wildman–Crippen LogP) is 1.60. The maximum atomic E-state index is 5.94. The van der Waals surface area contributed by atoms with Crippen LogP contribution in [0.1, 0.15) is 37.1 Å². The van der Waals surface area contributed by atoms with Crippen LogP contribution >= 0.6 is 12.2 Å². The molecule has 3 N–H and O–H groups in total. The third kappa shape index (κ3) is 3.68. The number of hydrogen-bond acceptors (Lipinski definition) is 5. The lowest BCUT2D eigenvalue weighted by Gasteiger charge is -2.17. The van der Waals surface area contributed by atoms with Gasteiger partial charge in [-0.25, -0.2) is 0 Å². The minimum Gasteiger partial charge on any atom is -0.389 e. The summed E-state index contributed by atoms with van der Waals surface area (Å²) < 4.78 is 0. The zero-order valence-electron chi connectivity index (χ0n) is 13.1. The van der Waals surface area contributed by atoms with Crippen LogP contribution in [0.5, 0.6) is 0 Å². The molecular weight excluding hydrogens is 282 g/mol. The van der Waals surface area contributed by atoms with Crippen molar-refractivity contribution < 1.29 is 0 Å². The fraction of sp³-hybridized carbons (Fsp3) is 0.667. The molecule has 0 amide bonds. The molecule has 2 rings (SSSR count). The largest absolute Gasteiger partial charge is 0.389 e. The number of likely N-dealkylation sites (tertiary alicyclic amines) is 1. The van der Waals surface area contributed by atoms with Gasteiger partial charge in [0.1, 0.15) is 4.99 Å². The van der Waals surface area contributed by atoms with E-state index in [0.717, 1.165) is 55.1 Å². The van der Waals surface area contributed by atoms with Gasteiger partial charge in [-0.3, -0.25) is 0 Å². The summed E-state index contributed by atoms with van der Waals surface area (Å²) in [4.78, 5) is 2.76. The Morgan fingerprint density at radius 2 is 2.14 bits per heavy atom. The molecule has 21 heavy (non-hydrogen) atoms. The van der Waals surface area contributed by atoms with E-state index in [1.165, 1.54) is 6.42 Å². The van der Waals surface area contributed by atoms with E-state index in [2.05, 4.69) is 41.3 Å². The maximum Gasteiger partial charge on any atom is 0.159 e. The molecule has 0 aliphatic carbocycles. The first-order valence-electron chi connectivity index (χ1n) is 7.67. The van der Waals surface area contributed by atoms with Crippen LogP contribution in [0.3, 0.4) is 0 Å². The average Bonchev–Trinajstić information content (AvgIpc) is 2.89. The van der Waals surface area contributed by atoms with Gasteiger partial charge in [0.2, 0.25) is 0 Å². The number of nitrogens with zero attached hydrogens (tertiary/aromatic N) is 3. The minimum absolute atomic E-state index is 0.405. The minimum atomic E-state index is 0.405. The molecule has 2 heterocycles. The van der Waals surface area contributed by atoms with Crippen molar-refractivity contribution in [2.75, 3.05) is 32.0 Å². The SMILES string of the molecule is CCc1nnc(NCC2CCN(C)C2)c(C(N)=S)c1CC. The molecule has 0 aromatic carbocycles. The number of thiocarbonyl (C=S) groups is 1. The zero-order valence-corrected chi connectivity index (χ0v) is 14.0. The van der Waals surface area contributed by atoms with Crippen LogP contribution in [-0.4, -0.2) is 46.8 Å². The van der Waals surface area contributed by atoms with Crippen molar-refractivity contribution in [3.63, 3.8) is 0 Å². The van der Waals surface area contributed by atoms with Crippen molar-refractivity contribution in [3.05, 3.63) is 16.8 Å². The van der Waals surface area contributed by atoms with Crippen molar-refractivity contribution in [2.24, 2.45) is 11.7 Å². The topological polar surface area (TPSA) is 67.1 Å². The quantitative estimate of drug-likeness (QED) is 0.778. The fourth-order valence-corrected chi connectivity index (χ4v) is 3.22. The standard InChI is InChI=1S/C15H25N5S/c1-4-11-12(5-2)18-19-15(13(11)14(16)21)17-8-10-6-7-20(3)9-10/h10H,4-9H2,1-3H3,(H2,16,21)(H,17,19). The molecule has 116 valence electrons. The highest BCUT2D eigenvalue weighted by atomic mass is 32.1. The van der Waals surface area contributed by atoms with Gasteiger partial charge in [-0.1, -0.05) is 26.1 Å². The highest BCUT2D eigenvalue weighted by molar-refractivity contribution is 7.80. The Kier molecular flexibility index (Phi) is 5.47. The first-order chi connectivity index (χ1) is 10.1. The van der Waals surface area contributed by atoms with Gasteiger partial charge < -0.3 is 16.0 Å². The van der Waals surface area contributed by atoms with Gasteiger partial charge >= 0.3 is 0 Å². The van der Waals surface area contributed by atoms with Gasteiger partial charge in [-0.05, 0) is 44.3 Å². The van der Waals surface area contributed by atoms with Gasteiger partial charge in [0, 0.05) is 13.1 Å². The second-order valence-electron chi connectivity index (χ2n) is 5.72. The summed E-state index contributed by atoms with van der Waals surface area (Å²) in [6, 6.07) is 0. The summed E-state index contributed by atoms with van der Waals surface area (Å²) in [5.74, 6) is 1.39. The molecule has 1 aliphatic heterocycles. The van der Waals surface area contributed by atoms with Crippen LogP contribution in [0, 0.1) is 5.92 Å². The van der Waals surface area contributed by atoms with E-state index >= 15 is 0 Å². The lowest BCUT2D eigenvalue weighted by Crippen LogP contribution is -2.23. The van der Waals surface area contributed by atoms with E-state index in [9.17, 15) is 0 Å². The van der Waals surface area contributed by atoms with Gasteiger partial charge in [0.05, 0.1) is 11.3 Å². The van der Waals surface area contributed by atoms with Gasteiger partial charge in [0.15, 0.2) is 5.82 Å². The van der Waals surface area contributed by atoms with Crippen LogP contribution in [0.25, 0.3) is 0 Å². The van der Waals surface area contributed by atoms with E-state index in [1.54, 1.807) is 0 Å². The third-order valence-electron chi connectivity index (χ3n) is 4.14. The number of nitrogens with one attached hydrogen (secondary N) is 1. The van der Waals surface area contributed by atoms with Gasteiger partial charge in [-0.15, -0.1) is 5.10 Å². The molecule has 0 saturated carbocycles. The summed E-state index contributed by atoms with van der Waals surface area (Å²) in [6.07, 6.45) is 2.93. The van der Waals surface area contributed by atoms with Crippen molar-refractivity contribution in [2.45, 2.75) is 33.1 Å². The Balaban J connectivity index is 2.20. The number of aromatic nitrogens is 2. The summed E-state index contributed by atoms with van der Waals surface area (Å²) in [5.41, 5.74) is 8.94. The van der Waals surface area contributed by atoms with E-state index in [1.807, 2.05) is 0 Å². The van der Waals surface area contributed by atoms with Crippen LogP contribution in [0.4, 0.5) is 5.82 Å². The highest BCUT2D eigenvalue weighted by Gasteiger charge is 2.21. The van der Waals surface area contributed by atoms with Crippen LogP contribution < -0.4 is 11.1 Å². The number of rotatable bonds is 6. The fourth-order valence-electron chi connectivity index (χ4n) is 3.00. The molecule has 1 aromatic heterocycles. The van der Waals surface area contributed by atoms with E-state index < -0.39 is 0 Å². The number of nitrogens with two attached hydrogens (primary N) is 1. The molecule has 1 atom stereocenters. The maximum absolute atomic E-state index is 5.94. The normalized spacial score (nSPS) is 18.9. The lowest BCUT2D eigenvalue weighted by molar-refractivity contribution is 0.399. The smallest absolute Gasteiger partial charge is 0.159 e. The monoisotopic (exact) mass is 307 g/mol. The van der Waals surface area contributed by atoms with Crippen molar-refractivity contribution in [1.82, 2.24) is 15.1 Å². The summed E-state index contributed by atoms with van der Waals surface area (Å²) in [6.45, 7) is 7.36. The van der Waals surface area contributed by atoms with E-state index in [-0.39, 0.29) is 0 Å². The second kappa shape index (κ2) is 7.13. The molecule has 5 nitrogen and oxygen atoms in total. The summed E-state index contributed by atoms with van der Waals surface area (Å²) in [7, 11) is 2.16. The molecule has 1 saturated heterocycles. The van der Waals surface area contributed by atoms with Crippen LogP contribution in [0.15, 0.2) is 0 Å². The molecule has 1 unspecified atom stereocenters. The van der Waals surface area contributed by atoms with Crippen molar-refractivity contribution >= 4 is 23.0 Å². The van der Waals surface area contributed by atoms with Crippen molar-refractivity contribution in [1.29, 1.82) is 0 Å². The average molecular weight is 307 g/mol. The highest BCUT2D eigenvalue weighted by Crippen LogP contribution is 2.22. The number of hydrogen-bond donors (Lipinski definition) is 2. The first-order valence-corrected chi connectivity index (χ1v) is 8.08. The zero-order chi connectivity index (χ0) is 15.4. The summed E-state index contributed by atoms with van der Waals surface area (Å²) in [5, 5.41) is 12.1. The third-order valence-corrected chi connectivity index (χ3v) is 4.34. The Bertz CT molecular complexity index is 517. The second-order valence-corrected chi connectivity index (χ2v) is 6.16. The lowest BCUT2D eigenvalue weighted by atomic mass is 10.0. The summed E-state index contributed by atoms with van der Waals surface area (Å²) >= 11 is 5.24. The predicted molar refractivity (Wildman–Crippen MR) is 90.8 cm³/mol. The van der Waals surface area contributed by atoms with E-state index in [4.69, 9.17) is 18.0 Å². The molecule has 0 bridgehead atoms. The Hall–Kier alpha value is -1.27. The van der Waals surface area contributed by atoms with Crippen LogP contribution in [-0.2, 0) is 12.8 Å². The van der Waals surface area contributed by atoms with Gasteiger partial charge in [-0.2, -0.15) is 5.10 Å². The van der Waals surface area contributed by atoms with Gasteiger partial charge in [0.25, 0.3) is 0 Å². The van der Waals surface area contributed by atoms with E-state index in [0.29, 0.717) is 10.9 Å². The molecule has 0 radical (unpaired) electrons. The molecule has 1 fully saturated rings. The Morgan fingerprint density at radius 1 is 1.38 bits per heavy atom. The molecule has 1 aliphatic rings. The number of aryl methyl sites for hydroxylation is 1. The number of anilines is 1. The molecule has 6 heteroatoms. The Labute approximate surface area is 132 Å². The van der Waals surface area contributed by atoms with Crippen molar-refractivity contribution in [3.8, 4) is 0 Å². The van der Waals surface area contributed by atoms with Crippen LogP contribution in [0.2, 0.25) is 0 Å².